The lowest BCUT2D eigenvalue weighted by Crippen LogP contribution is -2.42. The molecule has 2 amide bonds. The minimum Gasteiger partial charge on any atom is -0.481 e. The Kier molecular flexibility index (Phi) is 5.83. The molecule has 144 valence electrons. The number of aryl methyl sites for hydroxylation is 1. The van der Waals surface area contributed by atoms with Crippen LogP contribution < -0.4 is 5.32 Å². The van der Waals surface area contributed by atoms with Gasteiger partial charge in [-0.05, 0) is 24.0 Å². The molecule has 1 heterocycles. The first-order valence-corrected chi connectivity index (χ1v) is 8.42. The number of urea groups is 1. The van der Waals surface area contributed by atoms with Crippen molar-refractivity contribution in [2.24, 2.45) is 17.8 Å². The van der Waals surface area contributed by atoms with Crippen molar-refractivity contribution < 1.29 is 27.9 Å². The van der Waals surface area contributed by atoms with E-state index in [0.717, 1.165) is 16.0 Å². The highest BCUT2D eigenvalue weighted by molar-refractivity contribution is 5.78. The minimum absolute atomic E-state index is 0.0105. The number of alkyl halides is 3. The number of nitrogens with zero attached hydrogens (tertiary/aromatic N) is 1. The molecule has 1 fully saturated rings. The first-order chi connectivity index (χ1) is 12.0. The summed E-state index contributed by atoms with van der Waals surface area (Å²) in [4.78, 5) is 24.7. The van der Waals surface area contributed by atoms with Gasteiger partial charge >= 0.3 is 18.2 Å². The molecule has 1 saturated heterocycles. The van der Waals surface area contributed by atoms with Gasteiger partial charge in [0.05, 0.1) is 17.9 Å². The van der Waals surface area contributed by atoms with Gasteiger partial charge in [0, 0.05) is 13.1 Å². The van der Waals surface area contributed by atoms with Crippen molar-refractivity contribution in [2.45, 2.75) is 33.0 Å². The molecule has 0 aliphatic carbocycles. The highest BCUT2D eigenvalue weighted by Gasteiger charge is 2.53. The standard InChI is InChI=1S/C18H23F3N2O3/c1-10(2)15(12-7-5-4-6-11(12)3)22-17(26)23-8-13(16(24)25)14(9-23)18(19,20)21/h4-7,10,13-15H,8-9H2,1-3H3,(H,22,26)(H,24,25)/t13-,14-,15?/m1/s1. The number of nitrogens with one attached hydrogen (secondary N) is 1. The number of aliphatic carboxylic acids is 1. The van der Waals surface area contributed by atoms with E-state index in [4.69, 9.17) is 5.11 Å². The molecule has 1 aliphatic rings. The molecule has 0 radical (unpaired) electrons. The second-order valence-corrected chi connectivity index (χ2v) is 7.03. The van der Waals surface area contributed by atoms with Crippen molar-refractivity contribution in [3.8, 4) is 0 Å². The lowest BCUT2D eigenvalue weighted by molar-refractivity contribution is -0.187. The predicted molar refractivity (Wildman–Crippen MR) is 89.5 cm³/mol. The third-order valence-corrected chi connectivity index (χ3v) is 4.81. The Labute approximate surface area is 150 Å². The summed E-state index contributed by atoms with van der Waals surface area (Å²) in [5.41, 5.74) is 1.85. The Morgan fingerprint density at radius 1 is 1.23 bits per heavy atom. The second-order valence-electron chi connectivity index (χ2n) is 7.03. The maximum absolute atomic E-state index is 13.1. The molecule has 0 saturated carbocycles. The smallest absolute Gasteiger partial charge is 0.394 e. The molecule has 0 aromatic heterocycles. The van der Waals surface area contributed by atoms with E-state index in [2.05, 4.69) is 5.32 Å². The quantitative estimate of drug-likeness (QED) is 0.849. The van der Waals surface area contributed by atoms with Gasteiger partial charge < -0.3 is 15.3 Å². The number of carboxylic acids is 1. The van der Waals surface area contributed by atoms with Gasteiger partial charge in [-0.25, -0.2) is 4.79 Å². The van der Waals surface area contributed by atoms with Crippen LogP contribution in [0.15, 0.2) is 24.3 Å². The van der Waals surface area contributed by atoms with E-state index in [-0.39, 0.29) is 12.0 Å². The van der Waals surface area contributed by atoms with Crippen LogP contribution in [-0.4, -0.2) is 41.3 Å². The highest BCUT2D eigenvalue weighted by Crippen LogP contribution is 2.38. The van der Waals surface area contributed by atoms with E-state index < -0.39 is 43.1 Å². The maximum Gasteiger partial charge on any atom is 0.394 e. The average molecular weight is 372 g/mol. The molecule has 0 bridgehead atoms. The highest BCUT2D eigenvalue weighted by atomic mass is 19.4. The van der Waals surface area contributed by atoms with E-state index in [0.29, 0.717) is 0 Å². The van der Waals surface area contributed by atoms with Gasteiger partial charge in [-0.2, -0.15) is 13.2 Å². The van der Waals surface area contributed by atoms with Crippen LogP contribution in [0, 0.1) is 24.7 Å². The topological polar surface area (TPSA) is 69.6 Å². The summed E-state index contributed by atoms with van der Waals surface area (Å²) < 4.78 is 39.3. The maximum atomic E-state index is 13.1. The first-order valence-electron chi connectivity index (χ1n) is 8.42. The van der Waals surface area contributed by atoms with Crippen LogP contribution in [-0.2, 0) is 4.79 Å². The number of carbonyl (C=O) groups is 2. The van der Waals surface area contributed by atoms with Crippen LogP contribution in [0.3, 0.4) is 0 Å². The van der Waals surface area contributed by atoms with Crippen LogP contribution in [0.2, 0.25) is 0 Å². The molecule has 1 aliphatic heterocycles. The van der Waals surface area contributed by atoms with Crippen molar-refractivity contribution in [3.05, 3.63) is 35.4 Å². The first kappa shape index (κ1) is 20.1. The van der Waals surface area contributed by atoms with Crippen molar-refractivity contribution in [1.29, 1.82) is 0 Å². The van der Waals surface area contributed by atoms with E-state index in [1.807, 2.05) is 45.0 Å². The molecule has 8 heteroatoms. The molecular formula is C18H23F3N2O3. The molecule has 2 rings (SSSR count). The average Bonchev–Trinajstić information content (AvgIpc) is 2.99. The summed E-state index contributed by atoms with van der Waals surface area (Å²) in [7, 11) is 0. The second kappa shape index (κ2) is 7.55. The number of benzene rings is 1. The van der Waals surface area contributed by atoms with E-state index in [1.54, 1.807) is 0 Å². The molecule has 1 unspecified atom stereocenters. The van der Waals surface area contributed by atoms with Crippen molar-refractivity contribution in [2.75, 3.05) is 13.1 Å². The van der Waals surface area contributed by atoms with Gasteiger partial charge in [-0.15, -0.1) is 0 Å². The number of rotatable bonds is 4. The molecule has 26 heavy (non-hydrogen) atoms. The summed E-state index contributed by atoms with van der Waals surface area (Å²) in [6, 6.07) is 6.40. The number of carbonyl (C=O) groups excluding carboxylic acids is 1. The van der Waals surface area contributed by atoms with Crippen molar-refractivity contribution in [3.63, 3.8) is 0 Å². The molecule has 3 atom stereocenters. The molecule has 2 N–H and O–H groups in total. The molecule has 5 nitrogen and oxygen atoms in total. The third kappa shape index (κ3) is 4.28. The van der Waals surface area contributed by atoms with Gasteiger partial charge in [-0.1, -0.05) is 38.1 Å². The van der Waals surface area contributed by atoms with E-state index in [9.17, 15) is 22.8 Å². The zero-order valence-corrected chi connectivity index (χ0v) is 14.9. The minimum atomic E-state index is -4.66. The van der Waals surface area contributed by atoms with Crippen molar-refractivity contribution >= 4 is 12.0 Å². The van der Waals surface area contributed by atoms with E-state index in [1.165, 1.54) is 0 Å². The Hall–Kier alpha value is -2.25. The SMILES string of the molecule is Cc1ccccc1C(NC(=O)N1C[C@@H](C(F)(F)F)[C@H](C(=O)O)C1)C(C)C. The fraction of sp³-hybridized carbons (Fsp3) is 0.556. The normalized spacial score (nSPS) is 21.7. The molecule has 1 aromatic rings. The monoisotopic (exact) mass is 372 g/mol. The van der Waals surface area contributed by atoms with Crippen molar-refractivity contribution in [1.82, 2.24) is 10.2 Å². The predicted octanol–water partition coefficient (Wildman–Crippen LogP) is 3.60. The number of hydrogen-bond donors (Lipinski definition) is 2. The molecule has 1 aromatic carbocycles. The van der Waals surface area contributed by atoms with Gasteiger partial charge in [0.15, 0.2) is 0 Å². The number of carboxylic acid groups (broad SMARTS) is 1. The molecule has 0 spiro atoms. The number of halogens is 3. The zero-order chi connectivity index (χ0) is 19.6. The van der Waals surface area contributed by atoms with E-state index >= 15 is 0 Å². The Morgan fingerprint density at radius 3 is 2.31 bits per heavy atom. The fourth-order valence-electron chi connectivity index (χ4n) is 3.32. The lowest BCUT2D eigenvalue weighted by atomic mass is 9.93. The zero-order valence-electron chi connectivity index (χ0n) is 14.9. The Bertz CT molecular complexity index is 676. The lowest BCUT2D eigenvalue weighted by Gasteiger charge is -2.27. The third-order valence-electron chi connectivity index (χ3n) is 4.81. The largest absolute Gasteiger partial charge is 0.481 e. The number of likely N-dealkylation sites (tertiary alicyclic amines) is 1. The molecular weight excluding hydrogens is 349 g/mol. The summed E-state index contributed by atoms with van der Waals surface area (Å²) in [5, 5.41) is 11.8. The van der Waals surface area contributed by atoms with Crippen LogP contribution in [0.5, 0.6) is 0 Å². The number of hydrogen-bond acceptors (Lipinski definition) is 2. The summed E-state index contributed by atoms with van der Waals surface area (Å²) in [6.07, 6.45) is -4.66. The van der Waals surface area contributed by atoms with Gasteiger partial charge in [-0.3, -0.25) is 4.79 Å². The Balaban J connectivity index is 2.18. The van der Waals surface area contributed by atoms with Gasteiger partial charge in [0.1, 0.15) is 0 Å². The summed E-state index contributed by atoms with van der Waals surface area (Å²) in [6.45, 7) is 4.60. The van der Waals surface area contributed by atoms with Crippen LogP contribution in [0.1, 0.15) is 31.0 Å². The fourth-order valence-corrected chi connectivity index (χ4v) is 3.32. The Morgan fingerprint density at radius 2 is 1.85 bits per heavy atom. The van der Waals surface area contributed by atoms with Gasteiger partial charge in [0.2, 0.25) is 0 Å². The van der Waals surface area contributed by atoms with Crippen LogP contribution in [0.25, 0.3) is 0 Å². The van der Waals surface area contributed by atoms with Crippen LogP contribution >= 0.6 is 0 Å². The van der Waals surface area contributed by atoms with Crippen LogP contribution in [0.4, 0.5) is 18.0 Å². The summed E-state index contributed by atoms with van der Waals surface area (Å²) in [5.74, 6) is -5.23. The summed E-state index contributed by atoms with van der Waals surface area (Å²) >= 11 is 0. The number of amides is 2. The van der Waals surface area contributed by atoms with Gasteiger partial charge in [0.25, 0.3) is 0 Å².